The van der Waals surface area contributed by atoms with Gasteiger partial charge in [-0.2, -0.15) is 0 Å². The zero-order valence-electron chi connectivity index (χ0n) is 32.8. The van der Waals surface area contributed by atoms with Crippen LogP contribution in [0.1, 0.15) is 85.5 Å². The van der Waals surface area contributed by atoms with Gasteiger partial charge >= 0.3 is 17.9 Å². The van der Waals surface area contributed by atoms with Crippen molar-refractivity contribution in [3.05, 3.63) is 0 Å². The van der Waals surface area contributed by atoms with Gasteiger partial charge in [0.2, 0.25) is 35.4 Å². The largest absolute Gasteiger partial charge is 0.481 e. The van der Waals surface area contributed by atoms with Crippen molar-refractivity contribution >= 4 is 59.3 Å². The fraction of sp³-hybridized carbons (Fsp3) is 0.714. The molecule has 6 amide bonds. The Morgan fingerprint density at radius 2 is 1.16 bits per heavy atom. The third-order valence-electron chi connectivity index (χ3n) is 9.59. The van der Waals surface area contributed by atoms with Crippen LogP contribution in [0.4, 0.5) is 0 Å². The molecule has 57 heavy (non-hydrogen) atoms. The Labute approximate surface area is 330 Å². The molecule has 2 aliphatic heterocycles. The van der Waals surface area contributed by atoms with Gasteiger partial charge in [-0.15, -0.1) is 0 Å². The summed E-state index contributed by atoms with van der Waals surface area (Å²) in [5.41, 5.74) is 16.8. The average Bonchev–Trinajstić information content (AvgIpc) is 3.81. The van der Waals surface area contributed by atoms with Crippen molar-refractivity contribution in [2.45, 2.75) is 128 Å². The van der Waals surface area contributed by atoms with Gasteiger partial charge in [-0.25, -0.2) is 4.79 Å². The lowest BCUT2D eigenvalue weighted by Crippen LogP contribution is -2.60. The lowest BCUT2D eigenvalue weighted by molar-refractivity contribution is -0.150. The van der Waals surface area contributed by atoms with Crippen LogP contribution in [-0.2, 0) is 43.2 Å². The zero-order chi connectivity index (χ0) is 43.1. The molecule has 0 aromatic rings. The average molecular weight is 811 g/mol. The van der Waals surface area contributed by atoms with Crippen LogP contribution in [0.3, 0.4) is 0 Å². The van der Waals surface area contributed by atoms with Gasteiger partial charge in [0, 0.05) is 19.6 Å². The number of hydrogen-bond acceptors (Lipinski definition) is 11. The van der Waals surface area contributed by atoms with Crippen LogP contribution >= 0.6 is 0 Å². The summed E-state index contributed by atoms with van der Waals surface area (Å²) < 4.78 is 0. The van der Waals surface area contributed by atoms with E-state index in [1.165, 1.54) is 0 Å². The first-order valence-corrected chi connectivity index (χ1v) is 18.9. The highest BCUT2D eigenvalue weighted by molar-refractivity contribution is 5.98. The molecule has 13 N–H and O–H groups in total. The Hall–Kier alpha value is -5.54. The third-order valence-corrected chi connectivity index (χ3v) is 9.59. The molecule has 320 valence electrons. The van der Waals surface area contributed by atoms with E-state index in [1.807, 2.05) is 0 Å². The van der Waals surface area contributed by atoms with Crippen molar-refractivity contribution < 1.29 is 58.5 Å². The van der Waals surface area contributed by atoms with Crippen LogP contribution in [0.5, 0.6) is 0 Å². The van der Waals surface area contributed by atoms with Crippen LogP contribution in [0.2, 0.25) is 0 Å². The van der Waals surface area contributed by atoms with Crippen molar-refractivity contribution in [3.63, 3.8) is 0 Å². The van der Waals surface area contributed by atoms with Gasteiger partial charge < -0.3 is 63.6 Å². The molecule has 2 aliphatic rings. The number of aliphatic imine (C=N–C) groups is 1. The standard InChI is InChI=1S/C35H58N10O12/c1-17(2)14-20(29(51)42-21(15-25(46)47)33(55)45-13-7-10-24(45)34(56)57)41-28(50)19(8-5-11-39-35(37)38)40-30(52)23-9-6-12-44(23)32(54)22(16-26(48)49)43-31(53)27(36)18(3)4/h17-24,27H,5-16,36H2,1-4H3,(H,40,52)(H,41,50)(H,42,51)(H,43,53)(H,46,47)(H,48,49)(H,56,57)(H4,37,38,39)/t19-,20-,21-,22-,23-,24-,27-/m0/s1. The minimum Gasteiger partial charge on any atom is -0.481 e. The van der Waals surface area contributed by atoms with E-state index in [1.54, 1.807) is 27.7 Å². The van der Waals surface area contributed by atoms with Crippen LogP contribution < -0.4 is 38.5 Å². The summed E-state index contributed by atoms with van der Waals surface area (Å²) in [5, 5.41) is 38.5. The number of aliphatic carboxylic acids is 3. The van der Waals surface area contributed by atoms with Crippen molar-refractivity contribution in [2.24, 2.45) is 34.0 Å². The quantitative estimate of drug-likeness (QED) is 0.0296. The van der Waals surface area contributed by atoms with E-state index in [4.69, 9.17) is 17.2 Å². The summed E-state index contributed by atoms with van der Waals surface area (Å²) in [6.07, 6.45) is -0.578. The summed E-state index contributed by atoms with van der Waals surface area (Å²) in [7, 11) is 0. The normalized spacial score (nSPS) is 19.1. The first-order chi connectivity index (χ1) is 26.6. The zero-order valence-corrected chi connectivity index (χ0v) is 32.8. The van der Waals surface area contributed by atoms with E-state index in [0.29, 0.717) is 12.8 Å². The first kappa shape index (κ1) is 47.6. The highest BCUT2D eigenvalue weighted by atomic mass is 16.4. The molecule has 0 saturated carbocycles. The Balaban J connectivity index is 2.35. The summed E-state index contributed by atoms with van der Waals surface area (Å²) in [6.45, 7) is 6.96. The molecule has 2 heterocycles. The van der Waals surface area contributed by atoms with E-state index in [0.717, 1.165) is 9.80 Å². The van der Waals surface area contributed by atoms with Gasteiger partial charge in [-0.05, 0) is 56.8 Å². The lowest BCUT2D eigenvalue weighted by Gasteiger charge is -2.31. The minimum atomic E-state index is -1.65. The Bertz CT molecular complexity index is 1540. The number of hydrogen-bond donors (Lipinski definition) is 10. The number of nitrogens with zero attached hydrogens (tertiary/aromatic N) is 3. The fourth-order valence-corrected chi connectivity index (χ4v) is 6.60. The van der Waals surface area contributed by atoms with Crippen molar-refractivity contribution in [1.82, 2.24) is 31.1 Å². The molecule has 2 fully saturated rings. The summed E-state index contributed by atoms with van der Waals surface area (Å²) in [5.74, 6) is -9.93. The Kier molecular flexibility index (Phi) is 18.6. The summed E-state index contributed by atoms with van der Waals surface area (Å²) >= 11 is 0. The van der Waals surface area contributed by atoms with E-state index in [-0.39, 0.29) is 69.5 Å². The molecule has 0 aromatic heterocycles. The van der Waals surface area contributed by atoms with Gasteiger partial charge in [0.05, 0.1) is 18.9 Å². The smallest absolute Gasteiger partial charge is 0.326 e. The molecule has 0 aliphatic carbocycles. The molecule has 0 aromatic carbocycles. The van der Waals surface area contributed by atoms with E-state index in [2.05, 4.69) is 26.3 Å². The molecule has 2 saturated heterocycles. The molecule has 0 radical (unpaired) electrons. The van der Waals surface area contributed by atoms with Gasteiger partial charge in [0.25, 0.3) is 0 Å². The number of carbonyl (C=O) groups excluding carboxylic acids is 6. The maximum absolute atomic E-state index is 13.9. The second-order valence-electron chi connectivity index (χ2n) is 15.0. The molecule has 0 bridgehead atoms. The Morgan fingerprint density at radius 1 is 0.684 bits per heavy atom. The molecule has 7 atom stereocenters. The second-order valence-corrected chi connectivity index (χ2v) is 15.0. The number of carbonyl (C=O) groups is 9. The number of carboxylic acids is 3. The van der Waals surface area contributed by atoms with Gasteiger partial charge in [-0.1, -0.05) is 27.7 Å². The monoisotopic (exact) mass is 810 g/mol. The maximum Gasteiger partial charge on any atom is 0.326 e. The van der Waals surface area contributed by atoms with E-state index in [9.17, 15) is 58.5 Å². The topological polar surface area (TPSA) is 359 Å². The van der Waals surface area contributed by atoms with Crippen LogP contribution in [0.25, 0.3) is 0 Å². The van der Waals surface area contributed by atoms with Gasteiger partial charge in [0.1, 0.15) is 36.3 Å². The summed E-state index contributed by atoms with van der Waals surface area (Å²) in [6, 6.07) is -9.30. The lowest BCUT2D eigenvalue weighted by atomic mass is 10.0. The molecule has 22 nitrogen and oxygen atoms in total. The number of amides is 6. The number of nitrogens with two attached hydrogens (primary N) is 3. The van der Waals surface area contributed by atoms with Crippen LogP contribution in [0.15, 0.2) is 4.99 Å². The fourth-order valence-electron chi connectivity index (χ4n) is 6.60. The first-order valence-electron chi connectivity index (χ1n) is 18.9. The molecular weight excluding hydrogens is 752 g/mol. The number of nitrogens with one attached hydrogen (secondary N) is 4. The molecule has 2 rings (SSSR count). The van der Waals surface area contributed by atoms with Crippen LogP contribution in [-0.4, -0.2) is 146 Å². The van der Waals surface area contributed by atoms with Crippen molar-refractivity contribution in [3.8, 4) is 0 Å². The maximum atomic E-state index is 13.9. The van der Waals surface area contributed by atoms with E-state index < -0.39 is 108 Å². The predicted molar refractivity (Wildman–Crippen MR) is 202 cm³/mol. The SMILES string of the molecule is CC(C)C[C@H](NC(=O)[C@H](CCCN=C(N)N)NC(=O)[C@@H]1CCCN1C(=O)[C@H](CC(=O)O)NC(=O)[C@@H](N)C(C)C)C(=O)N[C@@H](CC(=O)O)C(=O)N1CCC[C@H]1C(=O)O. The predicted octanol–water partition coefficient (Wildman–Crippen LogP) is -2.98. The van der Waals surface area contributed by atoms with E-state index >= 15 is 0 Å². The molecule has 0 spiro atoms. The highest BCUT2D eigenvalue weighted by Crippen LogP contribution is 2.21. The second kappa shape index (κ2) is 22.3. The number of likely N-dealkylation sites (tertiary alicyclic amines) is 2. The molecular formula is C35H58N10O12. The highest BCUT2D eigenvalue weighted by Gasteiger charge is 2.42. The third kappa shape index (κ3) is 14.8. The number of guanidine groups is 1. The minimum absolute atomic E-state index is 0.00371. The van der Waals surface area contributed by atoms with Gasteiger partial charge in [-0.3, -0.25) is 43.3 Å². The van der Waals surface area contributed by atoms with Crippen molar-refractivity contribution in [2.75, 3.05) is 19.6 Å². The van der Waals surface area contributed by atoms with Crippen molar-refractivity contribution in [1.29, 1.82) is 0 Å². The van der Waals surface area contributed by atoms with Gasteiger partial charge in [0.15, 0.2) is 5.96 Å². The number of rotatable bonds is 22. The van der Waals surface area contributed by atoms with Crippen LogP contribution in [0, 0.1) is 11.8 Å². The Morgan fingerprint density at radius 3 is 1.63 bits per heavy atom. The summed E-state index contributed by atoms with van der Waals surface area (Å²) in [4.78, 5) is 122. The molecule has 0 unspecified atom stereocenters. The number of carboxylic acid groups (broad SMARTS) is 3. The molecule has 22 heteroatoms.